The van der Waals surface area contributed by atoms with Gasteiger partial charge in [-0.3, -0.25) is 9.59 Å². The van der Waals surface area contributed by atoms with Crippen LogP contribution in [0.3, 0.4) is 0 Å². The molecule has 0 spiro atoms. The Morgan fingerprint density at radius 2 is 1.90 bits per heavy atom. The van der Waals surface area contributed by atoms with E-state index in [4.69, 9.17) is 13.9 Å². The van der Waals surface area contributed by atoms with Crippen LogP contribution in [0.4, 0.5) is 5.82 Å². The number of piperidine rings is 1. The maximum absolute atomic E-state index is 12.7. The van der Waals surface area contributed by atoms with Crippen LogP contribution in [0.5, 0.6) is 11.5 Å². The Kier molecular flexibility index (Phi) is 4.85. The van der Waals surface area contributed by atoms with Crippen molar-refractivity contribution < 1.29 is 23.5 Å². The summed E-state index contributed by atoms with van der Waals surface area (Å²) in [6.07, 6.45) is 4.70. The minimum atomic E-state index is -0.247. The molecule has 0 bridgehead atoms. The Morgan fingerprint density at radius 1 is 1.10 bits per heavy atom. The highest BCUT2D eigenvalue weighted by molar-refractivity contribution is 6.04. The zero-order valence-electron chi connectivity index (χ0n) is 17.0. The van der Waals surface area contributed by atoms with E-state index in [1.165, 1.54) is 6.26 Å². The maximum Gasteiger partial charge on any atom is 0.257 e. The van der Waals surface area contributed by atoms with Gasteiger partial charge in [0.1, 0.15) is 11.6 Å². The fourth-order valence-corrected chi connectivity index (χ4v) is 4.02. The lowest BCUT2D eigenvalue weighted by molar-refractivity contribution is 0.0689. The minimum Gasteiger partial charge on any atom is -0.469 e. The van der Waals surface area contributed by atoms with E-state index in [9.17, 15) is 9.59 Å². The summed E-state index contributed by atoms with van der Waals surface area (Å²) >= 11 is 0. The summed E-state index contributed by atoms with van der Waals surface area (Å²) < 4.78 is 17.7. The van der Waals surface area contributed by atoms with Gasteiger partial charge in [-0.1, -0.05) is 0 Å². The van der Waals surface area contributed by atoms with Crippen LogP contribution in [-0.2, 0) is 0 Å². The van der Waals surface area contributed by atoms with E-state index in [0.29, 0.717) is 47.3 Å². The molecule has 0 atom stereocenters. The molecule has 9 nitrogen and oxygen atoms in total. The molecule has 9 heteroatoms. The van der Waals surface area contributed by atoms with Crippen molar-refractivity contribution in [1.82, 2.24) is 14.7 Å². The number of furan rings is 1. The van der Waals surface area contributed by atoms with Crippen molar-refractivity contribution >= 4 is 17.6 Å². The molecule has 3 aromatic rings. The van der Waals surface area contributed by atoms with Gasteiger partial charge in [-0.15, -0.1) is 0 Å². The van der Waals surface area contributed by atoms with E-state index in [1.54, 1.807) is 43.5 Å². The van der Waals surface area contributed by atoms with Crippen molar-refractivity contribution in [1.29, 1.82) is 0 Å². The van der Waals surface area contributed by atoms with E-state index >= 15 is 0 Å². The Bertz CT molecular complexity index is 1130. The molecule has 0 radical (unpaired) electrons. The first kappa shape index (κ1) is 19.2. The van der Waals surface area contributed by atoms with Gasteiger partial charge in [-0.05, 0) is 44.0 Å². The van der Waals surface area contributed by atoms with Gasteiger partial charge >= 0.3 is 0 Å². The van der Waals surface area contributed by atoms with E-state index in [0.717, 1.165) is 12.8 Å². The van der Waals surface area contributed by atoms with Crippen molar-refractivity contribution in [3.63, 3.8) is 0 Å². The monoisotopic (exact) mass is 422 g/mol. The van der Waals surface area contributed by atoms with Gasteiger partial charge in [0, 0.05) is 24.7 Å². The van der Waals surface area contributed by atoms with Crippen molar-refractivity contribution in [3.05, 3.63) is 59.7 Å². The van der Waals surface area contributed by atoms with Crippen LogP contribution >= 0.6 is 0 Å². The third kappa shape index (κ3) is 3.63. The lowest BCUT2D eigenvalue weighted by Gasteiger charge is -2.32. The zero-order valence-corrected chi connectivity index (χ0v) is 17.0. The highest BCUT2D eigenvalue weighted by Gasteiger charge is 2.28. The molecular weight excluding hydrogens is 400 g/mol. The first-order valence-electron chi connectivity index (χ1n) is 10.2. The topological polar surface area (TPSA) is 98.8 Å². The standard InChI is InChI=1S/C22H22N4O5/c1-14-17(7-11-29-14)22(28)25-9-5-16(6-10-25)26-20(4-8-23-26)24-21(27)15-2-3-18-19(12-15)31-13-30-18/h2-4,7-8,11-12,16H,5-6,9-10,13H2,1H3,(H,24,27). The molecule has 1 aromatic carbocycles. The Hall–Kier alpha value is -3.75. The average Bonchev–Trinajstić information content (AvgIpc) is 3.53. The molecule has 1 N–H and O–H groups in total. The van der Waals surface area contributed by atoms with Crippen LogP contribution in [0, 0.1) is 6.92 Å². The molecule has 5 rings (SSSR count). The number of nitrogens with zero attached hydrogens (tertiary/aromatic N) is 3. The summed E-state index contributed by atoms with van der Waals surface area (Å²) in [4.78, 5) is 27.3. The molecule has 160 valence electrons. The van der Waals surface area contributed by atoms with Crippen molar-refractivity contribution in [2.24, 2.45) is 0 Å². The van der Waals surface area contributed by atoms with Crippen molar-refractivity contribution in [2.45, 2.75) is 25.8 Å². The summed E-state index contributed by atoms with van der Waals surface area (Å²) in [7, 11) is 0. The quantitative estimate of drug-likeness (QED) is 0.693. The summed E-state index contributed by atoms with van der Waals surface area (Å²) in [5, 5.41) is 7.35. The van der Waals surface area contributed by atoms with Gasteiger partial charge in [0.15, 0.2) is 11.5 Å². The number of hydrogen-bond acceptors (Lipinski definition) is 6. The predicted octanol–water partition coefficient (Wildman–Crippen LogP) is 3.24. The molecule has 4 heterocycles. The molecule has 1 saturated heterocycles. The van der Waals surface area contributed by atoms with Gasteiger partial charge in [0.25, 0.3) is 11.8 Å². The number of nitrogens with one attached hydrogen (secondary N) is 1. The number of aryl methyl sites for hydroxylation is 1. The third-order valence-corrected chi connectivity index (χ3v) is 5.73. The second-order valence-corrected chi connectivity index (χ2v) is 7.60. The molecular formula is C22H22N4O5. The van der Waals surface area contributed by atoms with E-state index in [1.807, 2.05) is 9.58 Å². The number of aromatic nitrogens is 2. The lowest BCUT2D eigenvalue weighted by atomic mass is 10.0. The highest BCUT2D eigenvalue weighted by Crippen LogP contribution is 2.33. The number of amides is 2. The van der Waals surface area contributed by atoms with Gasteiger partial charge in [-0.25, -0.2) is 4.68 Å². The molecule has 2 amide bonds. The maximum atomic E-state index is 12.7. The van der Waals surface area contributed by atoms with Gasteiger partial charge in [0.05, 0.1) is 24.1 Å². The van der Waals surface area contributed by atoms with Crippen LogP contribution in [0.15, 0.2) is 47.2 Å². The van der Waals surface area contributed by atoms with Crippen molar-refractivity contribution in [2.75, 3.05) is 25.2 Å². The number of likely N-dealkylation sites (tertiary alicyclic amines) is 1. The Balaban J connectivity index is 1.24. The summed E-state index contributed by atoms with van der Waals surface area (Å²) in [5.41, 5.74) is 1.09. The van der Waals surface area contributed by atoms with Gasteiger partial charge in [-0.2, -0.15) is 5.10 Å². The van der Waals surface area contributed by atoms with Crippen LogP contribution in [0.1, 0.15) is 45.4 Å². The van der Waals surface area contributed by atoms with E-state index in [2.05, 4.69) is 10.4 Å². The SMILES string of the molecule is Cc1occc1C(=O)N1CCC(n2nccc2NC(=O)c2ccc3c(c2)OCO3)CC1. The van der Waals surface area contributed by atoms with Gasteiger partial charge in [0.2, 0.25) is 6.79 Å². The van der Waals surface area contributed by atoms with E-state index in [-0.39, 0.29) is 24.6 Å². The number of benzene rings is 1. The number of carbonyl (C=O) groups excluding carboxylic acids is 2. The predicted molar refractivity (Wildman–Crippen MR) is 110 cm³/mol. The molecule has 2 aromatic heterocycles. The van der Waals surface area contributed by atoms with Crippen LogP contribution in [0.25, 0.3) is 0 Å². The normalized spacial score (nSPS) is 15.8. The van der Waals surface area contributed by atoms with Crippen LogP contribution in [-0.4, -0.2) is 46.4 Å². The Labute approximate surface area is 178 Å². The van der Waals surface area contributed by atoms with E-state index < -0.39 is 0 Å². The second-order valence-electron chi connectivity index (χ2n) is 7.60. The fourth-order valence-electron chi connectivity index (χ4n) is 4.02. The molecule has 0 aliphatic carbocycles. The number of carbonyl (C=O) groups is 2. The molecule has 2 aliphatic heterocycles. The summed E-state index contributed by atoms with van der Waals surface area (Å²) in [6.45, 7) is 3.18. The lowest BCUT2D eigenvalue weighted by Crippen LogP contribution is -2.39. The fraction of sp³-hybridized carbons (Fsp3) is 0.318. The highest BCUT2D eigenvalue weighted by atomic mass is 16.7. The third-order valence-electron chi connectivity index (χ3n) is 5.73. The van der Waals surface area contributed by atoms with Crippen molar-refractivity contribution in [3.8, 4) is 11.5 Å². The average molecular weight is 422 g/mol. The first-order valence-corrected chi connectivity index (χ1v) is 10.2. The van der Waals surface area contributed by atoms with Crippen LogP contribution < -0.4 is 14.8 Å². The first-order chi connectivity index (χ1) is 15.1. The minimum absolute atomic E-state index is 0.0125. The molecule has 31 heavy (non-hydrogen) atoms. The second kappa shape index (κ2) is 7.82. The molecule has 2 aliphatic rings. The smallest absolute Gasteiger partial charge is 0.257 e. The number of fused-ring (bicyclic) bond motifs is 1. The molecule has 1 fully saturated rings. The number of rotatable bonds is 4. The Morgan fingerprint density at radius 3 is 2.68 bits per heavy atom. The number of ether oxygens (including phenoxy) is 2. The molecule has 0 saturated carbocycles. The van der Waals surface area contributed by atoms with Crippen LogP contribution in [0.2, 0.25) is 0 Å². The zero-order chi connectivity index (χ0) is 21.4. The summed E-state index contributed by atoms with van der Waals surface area (Å²) in [6, 6.07) is 8.67. The largest absolute Gasteiger partial charge is 0.469 e. The van der Waals surface area contributed by atoms with Gasteiger partial charge < -0.3 is 24.1 Å². The number of anilines is 1. The summed E-state index contributed by atoms with van der Waals surface area (Å²) in [5.74, 6) is 2.19. The molecule has 0 unspecified atom stereocenters. The number of hydrogen-bond donors (Lipinski definition) is 1.